The second kappa shape index (κ2) is 6.68. The summed E-state index contributed by atoms with van der Waals surface area (Å²) >= 11 is 5.99. The minimum absolute atomic E-state index is 0.388. The van der Waals surface area contributed by atoms with Crippen molar-refractivity contribution >= 4 is 22.4 Å². The van der Waals surface area contributed by atoms with E-state index in [0.29, 0.717) is 30.2 Å². The second-order valence-electron chi connectivity index (χ2n) is 4.66. The monoisotopic (exact) mass is 280 g/mol. The van der Waals surface area contributed by atoms with Gasteiger partial charge in [-0.1, -0.05) is 43.6 Å². The van der Waals surface area contributed by atoms with Gasteiger partial charge in [0.25, 0.3) is 0 Å². The molecule has 0 saturated carbocycles. The van der Waals surface area contributed by atoms with Crippen LogP contribution in [0, 0.1) is 5.92 Å². The van der Waals surface area contributed by atoms with Crippen LogP contribution in [0.4, 0.5) is 0 Å². The molecule has 0 fully saturated rings. The van der Waals surface area contributed by atoms with Gasteiger partial charge >= 0.3 is 0 Å². The van der Waals surface area contributed by atoms with E-state index in [9.17, 15) is 0 Å². The lowest BCUT2D eigenvalue weighted by atomic mass is 10.2. The molecule has 0 unspecified atom stereocenters. The van der Waals surface area contributed by atoms with E-state index in [-0.39, 0.29) is 0 Å². The summed E-state index contributed by atoms with van der Waals surface area (Å²) < 4.78 is 11.1. The molecule has 0 aliphatic heterocycles. The zero-order valence-corrected chi connectivity index (χ0v) is 11.9. The molecule has 0 N–H and O–H groups in total. The highest BCUT2D eigenvalue weighted by molar-refractivity contribution is 6.34. The Morgan fingerprint density at radius 2 is 1.84 bits per heavy atom. The van der Waals surface area contributed by atoms with Crippen molar-refractivity contribution in [1.29, 1.82) is 0 Å². The molecule has 0 aliphatic carbocycles. The lowest BCUT2D eigenvalue weighted by molar-refractivity contribution is 0.0808. The highest BCUT2D eigenvalue weighted by Crippen LogP contribution is 2.26. The highest BCUT2D eigenvalue weighted by Gasteiger charge is 2.08. The maximum Gasteiger partial charge on any atom is 0.241 e. The molecule has 2 rings (SSSR count). The molecule has 0 atom stereocenters. The first-order chi connectivity index (χ1) is 9.18. The quantitative estimate of drug-likeness (QED) is 0.761. The number of hydrogen-bond acceptors (Lipinski definition) is 4. The number of rotatable bonds is 6. The lowest BCUT2D eigenvalue weighted by Gasteiger charge is -2.09. The first kappa shape index (κ1) is 14.0. The van der Waals surface area contributed by atoms with E-state index in [1.165, 1.54) is 0 Å². The molecule has 0 spiro atoms. The fourth-order valence-electron chi connectivity index (χ4n) is 1.67. The molecule has 0 aliphatic rings. The zero-order valence-electron chi connectivity index (χ0n) is 11.1. The van der Waals surface area contributed by atoms with Crippen LogP contribution in [0.5, 0.6) is 5.88 Å². The Bertz CT molecular complexity index is 546. The average molecular weight is 281 g/mol. The summed E-state index contributed by atoms with van der Waals surface area (Å²) in [5.41, 5.74) is 0. The molecule has 1 aromatic heterocycles. The van der Waals surface area contributed by atoms with Crippen LogP contribution < -0.4 is 4.74 Å². The molecule has 0 bridgehead atoms. The van der Waals surface area contributed by atoms with Gasteiger partial charge in [0.05, 0.1) is 6.61 Å². The first-order valence-corrected chi connectivity index (χ1v) is 6.67. The van der Waals surface area contributed by atoms with E-state index in [1.807, 2.05) is 24.3 Å². The summed E-state index contributed by atoms with van der Waals surface area (Å²) in [6, 6.07) is 7.64. The maximum absolute atomic E-state index is 5.99. The molecule has 1 heterocycles. The third-order valence-corrected chi connectivity index (χ3v) is 2.81. The van der Waals surface area contributed by atoms with E-state index >= 15 is 0 Å². The summed E-state index contributed by atoms with van der Waals surface area (Å²) in [4.78, 5) is 0. The summed E-state index contributed by atoms with van der Waals surface area (Å²) in [6.07, 6.45) is 0. The normalized spacial score (nSPS) is 11.2. The first-order valence-electron chi connectivity index (χ1n) is 6.30. The average Bonchev–Trinajstić information content (AvgIpc) is 2.41. The zero-order chi connectivity index (χ0) is 13.7. The summed E-state index contributed by atoms with van der Waals surface area (Å²) in [5.74, 6) is 1.02. The largest absolute Gasteiger partial charge is 0.474 e. The van der Waals surface area contributed by atoms with Crippen molar-refractivity contribution in [2.75, 3.05) is 19.8 Å². The van der Waals surface area contributed by atoms with Gasteiger partial charge in [0.15, 0.2) is 5.15 Å². The number of ether oxygens (including phenoxy) is 2. The Kier molecular flexibility index (Phi) is 4.93. The minimum atomic E-state index is 0.388. The van der Waals surface area contributed by atoms with Crippen LogP contribution in [-0.2, 0) is 4.74 Å². The molecule has 102 valence electrons. The fourth-order valence-corrected chi connectivity index (χ4v) is 1.87. The number of nitrogens with zero attached hydrogens (tertiary/aromatic N) is 2. The number of halogens is 1. The molecule has 19 heavy (non-hydrogen) atoms. The molecule has 0 saturated heterocycles. The molecular weight excluding hydrogens is 264 g/mol. The van der Waals surface area contributed by atoms with E-state index in [0.717, 1.165) is 17.4 Å². The van der Waals surface area contributed by atoms with Crippen LogP contribution >= 0.6 is 11.6 Å². The van der Waals surface area contributed by atoms with Crippen molar-refractivity contribution in [3.63, 3.8) is 0 Å². The minimum Gasteiger partial charge on any atom is -0.474 e. The third-order valence-electron chi connectivity index (χ3n) is 2.53. The summed E-state index contributed by atoms with van der Waals surface area (Å²) in [7, 11) is 0. The number of hydrogen-bond donors (Lipinski definition) is 0. The number of fused-ring (bicyclic) bond motifs is 1. The van der Waals surface area contributed by atoms with Crippen molar-refractivity contribution in [2.24, 2.45) is 5.92 Å². The van der Waals surface area contributed by atoms with Crippen molar-refractivity contribution in [2.45, 2.75) is 13.8 Å². The maximum atomic E-state index is 5.99. The molecule has 0 radical (unpaired) electrons. The van der Waals surface area contributed by atoms with Crippen LogP contribution in [-0.4, -0.2) is 30.0 Å². The molecule has 4 nitrogen and oxygen atoms in total. The van der Waals surface area contributed by atoms with Crippen LogP contribution in [0.25, 0.3) is 10.8 Å². The van der Waals surface area contributed by atoms with Gasteiger partial charge in [0, 0.05) is 17.4 Å². The SMILES string of the molecule is CC(C)COCCOc1nnc(Cl)c2ccccc12. The Morgan fingerprint density at radius 1 is 1.11 bits per heavy atom. The van der Waals surface area contributed by atoms with Crippen LogP contribution in [0.1, 0.15) is 13.8 Å². The third kappa shape index (κ3) is 3.78. The highest BCUT2D eigenvalue weighted by atomic mass is 35.5. The Labute approximate surface area is 117 Å². The predicted molar refractivity (Wildman–Crippen MR) is 75.7 cm³/mol. The van der Waals surface area contributed by atoms with Gasteiger partial charge in [0.2, 0.25) is 5.88 Å². The summed E-state index contributed by atoms with van der Waals surface area (Å²) in [6.45, 7) is 5.94. The Hall–Kier alpha value is -1.39. The standard InChI is InChI=1S/C14H17ClN2O2/c1-10(2)9-18-7-8-19-14-12-6-4-3-5-11(12)13(15)16-17-14/h3-6,10H,7-9H2,1-2H3. The molecule has 1 aromatic carbocycles. The lowest BCUT2D eigenvalue weighted by Crippen LogP contribution is -2.11. The van der Waals surface area contributed by atoms with E-state index < -0.39 is 0 Å². The predicted octanol–water partition coefficient (Wildman–Crippen LogP) is 3.33. The fraction of sp³-hybridized carbons (Fsp3) is 0.429. The van der Waals surface area contributed by atoms with Gasteiger partial charge < -0.3 is 9.47 Å². The topological polar surface area (TPSA) is 44.2 Å². The van der Waals surface area contributed by atoms with Crippen molar-refractivity contribution in [3.8, 4) is 5.88 Å². The number of aromatic nitrogens is 2. The van der Waals surface area contributed by atoms with E-state index in [4.69, 9.17) is 21.1 Å². The van der Waals surface area contributed by atoms with Gasteiger partial charge in [-0.15, -0.1) is 10.2 Å². The molecule has 2 aromatic rings. The van der Waals surface area contributed by atoms with Crippen LogP contribution in [0.15, 0.2) is 24.3 Å². The van der Waals surface area contributed by atoms with Gasteiger partial charge in [-0.3, -0.25) is 0 Å². The van der Waals surface area contributed by atoms with E-state index in [1.54, 1.807) is 0 Å². The summed E-state index contributed by atoms with van der Waals surface area (Å²) in [5, 5.41) is 9.96. The molecule has 5 heteroatoms. The van der Waals surface area contributed by atoms with Gasteiger partial charge in [-0.05, 0) is 12.0 Å². The Balaban J connectivity index is 1.99. The van der Waals surface area contributed by atoms with Crippen molar-refractivity contribution in [1.82, 2.24) is 10.2 Å². The molecule has 0 amide bonds. The molecular formula is C14H17ClN2O2. The van der Waals surface area contributed by atoms with Gasteiger partial charge in [-0.2, -0.15) is 0 Å². The van der Waals surface area contributed by atoms with Gasteiger partial charge in [0.1, 0.15) is 6.61 Å². The Morgan fingerprint density at radius 3 is 2.58 bits per heavy atom. The van der Waals surface area contributed by atoms with Crippen molar-refractivity contribution < 1.29 is 9.47 Å². The van der Waals surface area contributed by atoms with Gasteiger partial charge in [-0.25, -0.2) is 0 Å². The second-order valence-corrected chi connectivity index (χ2v) is 5.02. The number of benzene rings is 1. The smallest absolute Gasteiger partial charge is 0.241 e. The van der Waals surface area contributed by atoms with E-state index in [2.05, 4.69) is 24.0 Å². The van der Waals surface area contributed by atoms with Crippen LogP contribution in [0.3, 0.4) is 0 Å². The van der Waals surface area contributed by atoms with Crippen molar-refractivity contribution in [3.05, 3.63) is 29.4 Å². The van der Waals surface area contributed by atoms with Crippen LogP contribution in [0.2, 0.25) is 5.15 Å².